The molecule has 0 aliphatic heterocycles. The Morgan fingerprint density at radius 3 is 2.38 bits per heavy atom. The number of fused-ring (bicyclic) bond motifs is 1. The lowest BCUT2D eigenvalue weighted by Crippen LogP contribution is -2.47. The Balaban J connectivity index is 1.51. The second-order valence-electron chi connectivity index (χ2n) is 10.9. The maximum Gasteiger partial charge on any atom is 0.274 e. The van der Waals surface area contributed by atoms with Crippen LogP contribution in [0.3, 0.4) is 0 Å². The molecule has 42 heavy (non-hydrogen) atoms. The molecule has 0 radical (unpaired) electrons. The molecule has 2 aromatic heterocycles. The Kier molecular flexibility index (Phi) is 7.62. The van der Waals surface area contributed by atoms with E-state index in [-0.39, 0.29) is 17.2 Å². The summed E-state index contributed by atoms with van der Waals surface area (Å²) in [5, 5.41) is 32.9. The highest BCUT2D eigenvalue weighted by Crippen LogP contribution is 2.36. The average molecular weight is 585 g/mol. The van der Waals surface area contributed by atoms with Gasteiger partial charge in [0.05, 0.1) is 29.6 Å². The van der Waals surface area contributed by atoms with Crippen molar-refractivity contribution < 1.29 is 37.3 Å². The zero-order chi connectivity index (χ0) is 30.4. The normalized spacial score (nSPS) is 15.1. The summed E-state index contributed by atoms with van der Waals surface area (Å²) in [7, 11) is 0. The molecule has 8 nitrogen and oxygen atoms in total. The van der Waals surface area contributed by atoms with Crippen molar-refractivity contribution in [1.82, 2.24) is 20.5 Å². The van der Waals surface area contributed by atoms with E-state index in [0.29, 0.717) is 22.3 Å². The molecule has 0 bridgehead atoms. The second-order valence-corrected chi connectivity index (χ2v) is 10.9. The fourth-order valence-electron chi connectivity index (χ4n) is 4.41. The van der Waals surface area contributed by atoms with Crippen LogP contribution in [-0.4, -0.2) is 50.4 Å². The fraction of sp³-hybridized carbons (Fsp3) is 0.333. The Morgan fingerprint density at radius 1 is 1.07 bits per heavy atom. The van der Waals surface area contributed by atoms with Crippen molar-refractivity contribution in [3.63, 3.8) is 0 Å². The number of nitrogens with one attached hydrogen (secondary N) is 1. The van der Waals surface area contributed by atoms with Crippen molar-refractivity contribution in [2.75, 3.05) is 6.54 Å². The van der Waals surface area contributed by atoms with Gasteiger partial charge in [-0.25, -0.2) is 22.5 Å². The van der Waals surface area contributed by atoms with E-state index in [1.54, 1.807) is 13.0 Å². The van der Waals surface area contributed by atoms with Gasteiger partial charge in [-0.1, -0.05) is 0 Å². The number of nitrogens with zero attached hydrogens (tertiary/aromatic N) is 3. The number of alkyl halides is 2. The zero-order valence-electron chi connectivity index (χ0n) is 23.0. The molecule has 1 atom stereocenters. The van der Waals surface area contributed by atoms with Crippen LogP contribution in [0.2, 0.25) is 0 Å². The van der Waals surface area contributed by atoms with E-state index >= 15 is 4.39 Å². The van der Waals surface area contributed by atoms with Crippen molar-refractivity contribution in [3.05, 3.63) is 82.7 Å². The molecular weight excluding hydrogens is 556 g/mol. The minimum Gasteiger partial charge on any atom is -0.488 e. The first-order valence-electron chi connectivity index (χ1n) is 13.2. The highest BCUT2D eigenvalue weighted by molar-refractivity contribution is 5.99. The van der Waals surface area contributed by atoms with Crippen LogP contribution < -0.4 is 10.1 Å². The molecule has 2 aromatic carbocycles. The van der Waals surface area contributed by atoms with Crippen molar-refractivity contribution >= 4 is 16.8 Å². The smallest absolute Gasteiger partial charge is 0.274 e. The maximum absolute atomic E-state index is 15.5. The summed E-state index contributed by atoms with van der Waals surface area (Å²) in [6.45, 7) is 3.18. The van der Waals surface area contributed by atoms with Gasteiger partial charge in [0.2, 0.25) is 0 Å². The average Bonchev–Trinajstić information content (AvgIpc) is 3.75. The lowest BCUT2D eigenvalue weighted by molar-refractivity contribution is -0.101. The summed E-state index contributed by atoms with van der Waals surface area (Å²) in [4.78, 5) is 17.2. The van der Waals surface area contributed by atoms with Crippen molar-refractivity contribution in [1.29, 1.82) is 0 Å². The number of carbonyl (C=O) groups is 1. The molecule has 1 amide bonds. The molecule has 4 aromatic rings. The quantitative estimate of drug-likeness (QED) is 0.239. The summed E-state index contributed by atoms with van der Waals surface area (Å²) >= 11 is 0. The van der Waals surface area contributed by atoms with Crippen LogP contribution in [0, 0.1) is 18.6 Å². The third-order valence-electron chi connectivity index (χ3n) is 6.91. The van der Waals surface area contributed by atoms with Crippen LogP contribution in [0.1, 0.15) is 54.0 Å². The Labute approximate surface area is 238 Å². The SMILES string of the molecule is Cc1cc2cc(C(=O)NCC(O)(c3cc(C(C)(C)O)c(F)c(-c4ccc(F)cc4)n3)C(F)F)cc(OC3CC3)c2nn1. The Hall–Kier alpha value is -4.16. The number of rotatable bonds is 9. The first-order valence-corrected chi connectivity index (χ1v) is 13.2. The first-order chi connectivity index (χ1) is 19.8. The minimum absolute atomic E-state index is 0.0247. The number of halogens is 4. The molecule has 0 spiro atoms. The van der Waals surface area contributed by atoms with Crippen molar-refractivity contribution in [3.8, 4) is 17.0 Å². The Morgan fingerprint density at radius 2 is 1.76 bits per heavy atom. The molecule has 1 aliphatic rings. The van der Waals surface area contributed by atoms with Crippen LogP contribution in [-0.2, 0) is 11.2 Å². The van der Waals surface area contributed by atoms with E-state index in [9.17, 15) is 28.2 Å². The van der Waals surface area contributed by atoms with Gasteiger partial charge in [-0.15, -0.1) is 5.10 Å². The predicted molar refractivity (Wildman–Crippen MR) is 145 cm³/mol. The van der Waals surface area contributed by atoms with E-state index in [0.717, 1.165) is 31.0 Å². The van der Waals surface area contributed by atoms with Gasteiger partial charge in [-0.3, -0.25) is 4.79 Å². The molecule has 12 heteroatoms. The number of aliphatic hydroxyl groups is 2. The molecule has 220 valence electrons. The topological polar surface area (TPSA) is 117 Å². The third-order valence-corrected chi connectivity index (χ3v) is 6.91. The second kappa shape index (κ2) is 10.9. The van der Waals surface area contributed by atoms with Crippen molar-refractivity contribution in [2.45, 2.75) is 57.3 Å². The summed E-state index contributed by atoms with van der Waals surface area (Å²) in [6, 6.07) is 9.91. The zero-order valence-corrected chi connectivity index (χ0v) is 23.0. The third kappa shape index (κ3) is 5.90. The summed E-state index contributed by atoms with van der Waals surface area (Å²) in [5.41, 5.74) is -5.44. The molecule has 0 saturated heterocycles. The number of hydrogen-bond acceptors (Lipinski definition) is 7. The van der Waals surface area contributed by atoms with Crippen LogP contribution in [0.5, 0.6) is 5.75 Å². The largest absolute Gasteiger partial charge is 0.488 e. The number of carbonyl (C=O) groups excluding carboxylic acids is 1. The molecule has 3 N–H and O–H groups in total. The number of pyridine rings is 1. The number of aryl methyl sites for hydroxylation is 1. The standard InChI is InChI=1S/C30H28F4N4O4/c1-15-10-17-11-18(12-22(25(17)38-37-15)42-20-8-9-20)27(39)35-14-30(41,28(33)34)23-13-21(29(2,3)40)24(32)26(36-23)16-4-6-19(31)7-5-16/h4-7,10-13,20,28,40-41H,8-9,14H2,1-3H3,(H,35,39). The summed E-state index contributed by atoms with van der Waals surface area (Å²) < 4.78 is 63.9. The monoisotopic (exact) mass is 584 g/mol. The number of amides is 1. The fourth-order valence-corrected chi connectivity index (χ4v) is 4.41. The molecule has 5 rings (SSSR count). The highest BCUT2D eigenvalue weighted by Gasteiger charge is 2.43. The molecule has 1 aliphatic carbocycles. The van der Waals surface area contributed by atoms with E-state index in [1.165, 1.54) is 38.1 Å². The highest BCUT2D eigenvalue weighted by atomic mass is 19.3. The summed E-state index contributed by atoms with van der Waals surface area (Å²) in [5.74, 6) is -2.13. The number of ether oxygens (including phenoxy) is 1. The van der Waals surface area contributed by atoms with Crippen LogP contribution in [0.25, 0.3) is 22.2 Å². The number of aromatic nitrogens is 3. The molecule has 2 heterocycles. The van der Waals surface area contributed by atoms with E-state index < -0.39 is 58.7 Å². The molecule has 1 fully saturated rings. The molecule has 1 saturated carbocycles. The van der Waals surface area contributed by atoms with Crippen LogP contribution in [0.4, 0.5) is 17.6 Å². The number of benzene rings is 2. The van der Waals surface area contributed by atoms with Gasteiger partial charge in [0.15, 0.2) is 11.4 Å². The van der Waals surface area contributed by atoms with Gasteiger partial charge in [0.25, 0.3) is 12.3 Å². The lowest BCUT2D eigenvalue weighted by atomic mass is 9.90. The maximum atomic E-state index is 15.5. The lowest BCUT2D eigenvalue weighted by Gasteiger charge is -2.30. The first kappa shape index (κ1) is 29.3. The summed E-state index contributed by atoms with van der Waals surface area (Å²) in [6.07, 6.45) is -1.83. The van der Waals surface area contributed by atoms with E-state index in [1.807, 2.05) is 0 Å². The predicted octanol–water partition coefficient (Wildman–Crippen LogP) is 4.93. The Bertz CT molecular complexity index is 1660. The number of hydrogen-bond donors (Lipinski definition) is 3. The van der Waals surface area contributed by atoms with Gasteiger partial charge in [-0.2, -0.15) is 5.10 Å². The molecular formula is C30H28F4N4O4. The van der Waals surface area contributed by atoms with E-state index in [4.69, 9.17) is 4.74 Å². The van der Waals surface area contributed by atoms with Gasteiger partial charge < -0.3 is 20.3 Å². The molecule has 1 unspecified atom stereocenters. The van der Waals surface area contributed by atoms with Gasteiger partial charge >= 0.3 is 0 Å². The van der Waals surface area contributed by atoms with Gasteiger partial charge in [0.1, 0.15) is 22.8 Å². The van der Waals surface area contributed by atoms with Crippen molar-refractivity contribution in [2.24, 2.45) is 0 Å². The van der Waals surface area contributed by atoms with Crippen LogP contribution in [0.15, 0.2) is 48.5 Å². The van der Waals surface area contributed by atoms with Gasteiger partial charge in [0, 0.05) is 22.1 Å². The van der Waals surface area contributed by atoms with E-state index in [2.05, 4.69) is 20.5 Å². The van der Waals surface area contributed by atoms with Crippen LogP contribution >= 0.6 is 0 Å². The minimum atomic E-state index is -3.49. The van der Waals surface area contributed by atoms with Gasteiger partial charge in [-0.05, 0) is 82.1 Å².